The van der Waals surface area contributed by atoms with Crippen LogP contribution in [0, 0.1) is 11.7 Å². The van der Waals surface area contributed by atoms with Crippen molar-refractivity contribution in [3.8, 4) is 0 Å². The number of rotatable bonds is 5. The molecule has 1 unspecified atom stereocenters. The summed E-state index contributed by atoms with van der Waals surface area (Å²) in [4.78, 5) is 2.32. The van der Waals surface area contributed by atoms with Gasteiger partial charge in [-0.25, -0.2) is 4.39 Å². The molecular formula is C17H27FN2. The lowest BCUT2D eigenvalue weighted by Gasteiger charge is -2.35. The van der Waals surface area contributed by atoms with Crippen molar-refractivity contribution in [1.82, 2.24) is 4.90 Å². The lowest BCUT2D eigenvalue weighted by Crippen LogP contribution is -2.39. The molecule has 0 aliphatic heterocycles. The minimum Gasteiger partial charge on any atom is -0.323 e. The van der Waals surface area contributed by atoms with Gasteiger partial charge in [-0.1, -0.05) is 31.5 Å². The van der Waals surface area contributed by atoms with E-state index in [0.717, 1.165) is 12.5 Å². The van der Waals surface area contributed by atoms with E-state index in [9.17, 15) is 4.39 Å². The average Bonchev–Trinajstić information content (AvgIpc) is 2.47. The number of nitrogens with two attached hydrogens (primary N) is 1. The average molecular weight is 278 g/mol. The second-order valence-corrected chi connectivity index (χ2v) is 6.15. The molecule has 112 valence electrons. The van der Waals surface area contributed by atoms with Gasteiger partial charge in [-0.15, -0.1) is 0 Å². The van der Waals surface area contributed by atoms with Crippen molar-refractivity contribution in [1.29, 1.82) is 0 Å². The van der Waals surface area contributed by atoms with Crippen molar-refractivity contribution in [2.45, 2.75) is 51.1 Å². The first-order valence-electron chi connectivity index (χ1n) is 7.82. The van der Waals surface area contributed by atoms with E-state index in [-0.39, 0.29) is 11.9 Å². The molecule has 2 nitrogen and oxygen atoms in total. The fraction of sp³-hybridized carbons (Fsp3) is 0.647. The Balaban J connectivity index is 1.88. The van der Waals surface area contributed by atoms with Crippen molar-refractivity contribution in [3.05, 3.63) is 35.6 Å². The Bertz CT molecular complexity index is 413. The molecule has 0 spiro atoms. The van der Waals surface area contributed by atoms with E-state index in [1.807, 2.05) is 6.07 Å². The smallest absolute Gasteiger partial charge is 0.128 e. The van der Waals surface area contributed by atoms with E-state index in [2.05, 4.69) is 18.9 Å². The molecule has 0 bridgehead atoms. The maximum Gasteiger partial charge on any atom is 0.128 e. The Morgan fingerprint density at radius 2 is 1.90 bits per heavy atom. The second kappa shape index (κ2) is 7.19. The number of benzene rings is 1. The monoisotopic (exact) mass is 278 g/mol. The van der Waals surface area contributed by atoms with Crippen LogP contribution in [0.4, 0.5) is 4.39 Å². The van der Waals surface area contributed by atoms with Gasteiger partial charge in [0.25, 0.3) is 0 Å². The number of halogens is 1. The van der Waals surface area contributed by atoms with Gasteiger partial charge in [0.05, 0.1) is 0 Å². The van der Waals surface area contributed by atoms with Crippen LogP contribution in [0.25, 0.3) is 0 Å². The predicted molar refractivity (Wildman–Crippen MR) is 82.0 cm³/mol. The lowest BCUT2D eigenvalue weighted by molar-refractivity contribution is 0.156. The molecule has 1 aromatic carbocycles. The van der Waals surface area contributed by atoms with Gasteiger partial charge in [0.2, 0.25) is 0 Å². The molecule has 1 aromatic rings. The highest BCUT2D eigenvalue weighted by Gasteiger charge is 2.24. The van der Waals surface area contributed by atoms with Crippen LogP contribution in [0.3, 0.4) is 0 Å². The van der Waals surface area contributed by atoms with Crippen molar-refractivity contribution in [2.75, 3.05) is 13.6 Å². The van der Waals surface area contributed by atoms with Gasteiger partial charge in [0.1, 0.15) is 5.82 Å². The summed E-state index contributed by atoms with van der Waals surface area (Å²) >= 11 is 0. The molecule has 0 radical (unpaired) electrons. The first-order chi connectivity index (χ1) is 9.61. The molecular weight excluding hydrogens is 251 g/mol. The van der Waals surface area contributed by atoms with E-state index >= 15 is 0 Å². The van der Waals surface area contributed by atoms with Crippen molar-refractivity contribution in [2.24, 2.45) is 11.7 Å². The summed E-state index contributed by atoms with van der Waals surface area (Å²) in [5.74, 6) is 0.711. The molecule has 0 heterocycles. The van der Waals surface area contributed by atoms with Crippen molar-refractivity contribution >= 4 is 0 Å². The Kier molecular flexibility index (Phi) is 5.55. The van der Waals surface area contributed by atoms with Gasteiger partial charge in [-0.3, -0.25) is 0 Å². The van der Waals surface area contributed by atoms with Gasteiger partial charge >= 0.3 is 0 Å². The molecule has 1 aliphatic carbocycles. The van der Waals surface area contributed by atoms with E-state index in [1.165, 1.54) is 38.2 Å². The molecule has 1 fully saturated rings. The Morgan fingerprint density at radius 1 is 1.25 bits per heavy atom. The predicted octanol–water partition coefficient (Wildman–Crippen LogP) is 3.73. The summed E-state index contributed by atoms with van der Waals surface area (Å²) in [5, 5.41) is 0. The van der Waals surface area contributed by atoms with Crippen LogP contribution in [0.1, 0.15) is 50.6 Å². The molecule has 1 saturated carbocycles. The summed E-state index contributed by atoms with van der Waals surface area (Å²) in [6.07, 6.45) is 6.43. The maximum atomic E-state index is 13.7. The zero-order valence-electron chi connectivity index (χ0n) is 12.7. The highest BCUT2D eigenvalue weighted by atomic mass is 19.1. The van der Waals surface area contributed by atoms with Gasteiger partial charge in [-0.2, -0.15) is 0 Å². The van der Waals surface area contributed by atoms with Crippen LogP contribution in [0.2, 0.25) is 0 Å². The largest absolute Gasteiger partial charge is 0.323 e. The molecule has 2 rings (SSSR count). The Labute approximate surface area is 122 Å². The first-order valence-corrected chi connectivity index (χ1v) is 7.82. The Morgan fingerprint density at radius 3 is 2.50 bits per heavy atom. The molecule has 0 saturated heterocycles. The van der Waals surface area contributed by atoms with Gasteiger partial charge in [0, 0.05) is 24.2 Å². The highest BCUT2D eigenvalue weighted by Crippen LogP contribution is 2.29. The fourth-order valence-electron chi connectivity index (χ4n) is 3.33. The summed E-state index contributed by atoms with van der Waals surface area (Å²) in [6, 6.07) is 7.20. The van der Waals surface area contributed by atoms with Crippen molar-refractivity contribution < 1.29 is 4.39 Å². The minimum atomic E-state index is -0.245. The van der Waals surface area contributed by atoms with E-state index < -0.39 is 0 Å². The van der Waals surface area contributed by atoms with E-state index in [0.29, 0.717) is 11.6 Å². The third kappa shape index (κ3) is 3.80. The molecule has 0 aromatic heterocycles. The molecule has 3 heteroatoms. The third-order valence-electron chi connectivity index (χ3n) is 4.81. The summed E-state index contributed by atoms with van der Waals surface area (Å²) in [7, 11) is 2.12. The normalized spacial score (nSPS) is 24.9. The second-order valence-electron chi connectivity index (χ2n) is 6.15. The van der Waals surface area contributed by atoms with Crippen LogP contribution < -0.4 is 5.73 Å². The molecule has 1 aliphatic rings. The zero-order valence-corrected chi connectivity index (χ0v) is 12.7. The molecule has 2 N–H and O–H groups in total. The summed E-state index contributed by atoms with van der Waals surface area (Å²) in [5.41, 5.74) is 6.80. The zero-order chi connectivity index (χ0) is 14.5. The van der Waals surface area contributed by atoms with E-state index in [1.54, 1.807) is 12.1 Å². The van der Waals surface area contributed by atoms with Crippen LogP contribution >= 0.6 is 0 Å². The topological polar surface area (TPSA) is 29.3 Å². The van der Waals surface area contributed by atoms with Gasteiger partial charge in [-0.05, 0) is 44.7 Å². The Hall–Kier alpha value is -0.930. The lowest BCUT2D eigenvalue weighted by atomic mass is 9.84. The number of hydrogen-bond acceptors (Lipinski definition) is 2. The van der Waals surface area contributed by atoms with Crippen molar-refractivity contribution in [3.63, 3.8) is 0 Å². The minimum absolute atomic E-state index is 0.192. The van der Waals surface area contributed by atoms with Crippen LogP contribution in [-0.4, -0.2) is 24.5 Å². The third-order valence-corrected chi connectivity index (χ3v) is 4.81. The van der Waals surface area contributed by atoms with Gasteiger partial charge < -0.3 is 10.6 Å². The number of nitrogens with zero attached hydrogens (tertiary/aromatic N) is 1. The molecule has 0 amide bonds. The highest BCUT2D eigenvalue weighted by molar-refractivity contribution is 5.21. The quantitative estimate of drug-likeness (QED) is 0.889. The van der Waals surface area contributed by atoms with Crippen LogP contribution in [0.15, 0.2) is 24.3 Å². The fourth-order valence-corrected chi connectivity index (χ4v) is 3.33. The molecule has 20 heavy (non-hydrogen) atoms. The van der Waals surface area contributed by atoms with Crippen LogP contribution in [0.5, 0.6) is 0 Å². The van der Waals surface area contributed by atoms with Gasteiger partial charge in [0.15, 0.2) is 0 Å². The summed E-state index contributed by atoms with van der Waals surface area (Å²) in [6.45, 7) is 3.01. The van der Waals surface area contributed by atoms with E-state index in [4.69, 9.17) is 5.73 Å². The van der Waals surface area contributed by atoms with Crippen LogP contribution in [-0.2, 0) is 0 Å². The SMILES string of the molecule is CCC1CCC(N(C)CC(N)c2ccccc2F)CC1. The number of hydrogen-bond donors (Lipinski definition) is 1. The number of likely N-dealkylation sites (N-methyl/N-ethyl adjacent to an activating group) is 1. The molecule has 1 atom stereocenters. The standard InChI is InChI=1S/C17H27FN2/c1-3-13-8-10-14(11-9-13)20(2)12-17(19)15-6-4-5-7-16(15)18/h4-7,13-14,17H,3,8-12,19H2,1-2H3. The summed E-state index contributed by atoms with van der Waals surface area (Å²) < 4.78 is 13.7. The first kappa shape index (κ1) is 15.5. The maximum absolute atomic E-state index is 13.7.